The first-order valence-electron chi connectivity index (χ1n) is 10.0. The Morgan fingerprint density at radius 2 is 2.14 bits per heavy atom. The van der Waals surface area contributed by atoms with Crippen LogP contribution in [0.3, 0.4) is 0 Å². The molecule has 0 radical (unpaired) electrons. The highest BCUT2D eigenvalue weighted by atomic mass is 16.5. The smallest absolute Gasteiger partial charge is 0.191 e. The second-order valence-corrected chi connectivity index (χ2v) is 6.98. The summed E-state index contributed by atoms with van der Waals surface area (Å²) in [5.41, 5.74) is 1.08. The largest absolute Gasteiger partial charge is 0.493 e. The van der Waals surface area contributed by atoms with E-state index in [1.54, 1.807) is 20.4 Å². The molecule has 0 amide bonds. The molecule has 1 aromatic heterocycles. The fraction of sp³-hybridized carbons (Fsp3) is 0.524. The molecule has 0 unspecified atom stereocenters. The fourth-order valence-corrected chi connectivity index (χ4v) is 3.45. The van der Waals surface area contributed by atoms with Crippen molar-refractivity contribution in [3.8, 4) is 11.5 Å². The number of hydrogen-bond acceptors (Lipinski definition) is 4. The number of nitrogens with one attached hydrogen (secondary N) is 2. The van der Waals surface area contributed by atoms with Crippen LogP contribution in [0.5, 0.6) is 11.5 Å². The molecule has 0 aliphatic heterocycles. The number of aliphatic imine (C=N–C) groups is 1. The summed E-state index contributed by atoms with van der Waals surface area (Å²) >= 11 is 0. The molecular formula is C21H31N5O2. The fourth-order valence-electron chi connectivity index (χ4n) is 3.45. The average Bonchev–Trinajstić information content (AvgIpc) is 3.42. The molecule has 3 rings (SSSR count). The standard InChI is InChI=1S/C21H31N5O2/c1-22-21(24-11-6-13-26-14-12-23-16-26)25-15-17-7-5-10-19(27-2)20(17)28-18-8-3-4-9-18/h5,7,10,12,14,16,18H,3-4,6,8-9,11,13,15H2,1-2H3,(H2,22,24,25). The van der Waals surface area contributed by atoms with Crippen LogP contribution < -0.4 is 20.1 Å². The maximum absolute atomic E-state index is 6.30. The van der Waals surface area contributed by atoms with Gasteiger partial charge in [-0.1, -0.05) is 12.1 Å². The third-order valence-corrected chi connectivity index (χ3v) is 4.98. The Kier molecular flexibility index (Phi) is 7.58. The Bertz CT molecular complexity index is 739. The number of ether oxygens (including phenoxy) is 2. The van der Waals surface area contributed by atoms with E-state index in [1.807, 2.05) is 24.7 Å². The molecule has 7 nitrogen and oxygen atoms in total. The van der Waals surface area contributed by atoms with Crippen LogP contribution in [0.25, 0.3) is 0 Å². The Balaban J connectivity index is 1.52. The van der Waals surface area contributed by atoms with Crippen LogP contribution in [0.15, 0.2) is 41.9 Å². The third-order valence-electron chi connectivity index (χ3n) is 4.98. The van der Waals surface area contributed by atoms with E-state index in [2.05, 4.69) is 31.2 Å². The summed E-state index contributed by atoms with van der Waals surface area (Å²) in [6, 6.07) is 6.03. The Morgan fingerprint density at radius 1 is 1.29 bits per heavy atom. The van der Waals surface area contributed by atoms with Gasteiger partial charge in [-0.25, -0.2) is 4.98 Å². The van der Waals surface area contributed by atoms with Gasteiger partial charge in [-0.2, -0.15) is 0 Å². The summed E-state index contributed by atoms with van der Waals surface area (Å²) in [5, 5.41) is 6.74. The van der Waals surface area contributed by atoms with E-state index in [0.29, 0.717) is 6.54 Å². The van der Waals surface area contributed by atoms with Crippen molar-refractivity contribution in [2.75, 3.05) is 20.7 Å². The normalized spacial score (nSPS) is 14.9. The molecule has 1 aliphatic rings. The molecule has 0 spiro atoms. The maximum atomic E-state index is 6.30. The summed E-state index contributed by atoms with van der Waals surface area (Å²) in [5.74, 6) is 2.41. The van der Waals surface area contributed by atoms with Crippen molar-refractivity contribution in [1.82, 2.24) is 20.2 Å². The molecule has 1 aliphatic carbocycles. The quantitative estimate of drug-likeness (QED) is 0.394. The minimum atomic E-state index is 0.288. The first-order chi connectivity index (χ1) is 13.8. The predicted molar refractivity (Wildman–Crippen MR) is 111 cm³/mol. The van der Waals surface area contributed by atoms with Gasteiger partial charge in [-0.15, -0.1) is 0 Å². The van der Waals surface area contributed by atoms with Crippen LogP contribution in [0, 0.1) is 0 Å². The maximum Gasteiger partial charge on any atom is 0.191 e. The second kappa shape index (κ2) is 10.6. The van der Waals surface area contributed by atoms with E-state index in [4.69, 9.17) is 9.47 Å². The van der Waals surface area contributed by atoms with Gasteiger partial charge in [-0.05, 0) is 38.2 Å². The topological polar surface area (TPSA) is 72.7 Å². The number of aryl methyl sites for hydroxylation is 1. The first kappa shape index (κ1) is 20.0. The van der Waals surface area contributed by atoms with Gasteiger partial charge in [0.25, 0.3) is 0 Å². The van der Waals surface area contributed by atoms with Gasteiger partial charge < -0.3 is 24.7 Å². The van der Waals surface area contributed by atoms with Crippen LogP contribution in [0.1, 0.15) is 37.7 Å². The zero-order chi connectivity index (χ0) is 19.6. The van der Waals surface area contributed by atoms with Crippen molar-refractivity contribution < 1.29 is 9.47 Å². The molecular weight excluding hydrogens is 354 g/mol. The zero-order valence-corrected chi connectivity index (χ0v) is 16.9. The van der Waals surface area contributed by atoms with Crippen LogP contribution in [-0.4, -0.2) is 42.3 Å². The monoisotopic (exact) mass is 385 g/mol. The second-order valence-electron chi connectivity index (χ2n) is 6.98. The van der Waals surface area contributed by atoms with Crippen molar-refractivity contribution >= 4 is 5.96 Å². The van der Waals surface area contributed by atoms with E-state index < -0.39 is 0 Å². The molecule has 2 aromatic rings. The van der Waals surface area contributed by atoms with Crippen LogP contribution >= 0.6 is 0 Å². The third kappa shape index (κ3) is 5.65. The molecule has 1 saturated carbocycles. The highest BCUT2D eigenvalue weighted by molar-refractivity contribution is 5.79. The molecule has 1 aromatic carbocycles. The number of imidazole rings is 1. The molecule has 0 atom stereocenters. The number of nitrogens with zero attached hydrogens (tertiary/aromatic N) is 3. The number of benzene rings is 1. The Labute approximate surface area is 167 Å². The summed E-state index contributed by atoms with van der Waals surface area (Å²) < 4.78 is 13.9. The lowest BCUT2D eigenvalue weighted by Crippen LogP contribution is -2.37. The molecule has 1 heterocycles. The van der Waals surface area contributed by atoms with Crippen LogP contribution in [0.2, 0.25) is 0 Å². The minimum absolute atomic E-state index is 0.288. The molecule has 0 bridgehead atoms. The number of aromatic nitrogens is 2. The Hall–Kier alpha value is -2.70. The van der Waals surface area contributed by atoms with Crippen LogP contribution in [-0.2, 0) is 13.1 Å². The van der Waals surface area contributed by atoms with Gasteiger partial charge in [0.1, 0.15) is 0 Å². The molecule has 1 fully saturated rings. The van der Waals surface area contributed by atoms with E-state index in [0.717, 1.165) is 55.4 Å². The lowest BCUT2D eigenvalue weighted by atomic mass is 10.1. The van der Waals surface area contributed by atoms with Gasteiger partial charge >= 0.3 is 0 Å². The number of methoxy groups -OCH3 is 1. The lowest BCUT2D eigenvalue weighted by Gasteiger charge is -2.20. The highest BCUT2D eigenvalue weighted by Crippen LogP contribution is 2.34. The lowest BCUT2D eigenvalue weighted by molar-refractivity contribution is 0.198. The van der Waals surface area contributed by atoms with Crippen molar-refractivity contribution in [2.24, 2.45) is 4.99 Å². The van der Waals surface area contributed by atoms with Crippen molar-refractivity contribution in [1.29, 1.82) is 0 Å². The molecule has 0 saturated heterocycles. The summed E-state index contributed by atoms with van der Waals surface area (Å²) in [7, 11) is 3.47. The van der Waals surface area contributed by atoms with E-state index >= 15 is 0 Å². The van der Waals surface area contributed by atoms with E-state index in [1.165, 1.54) is 12.8 Å². The summed E-state index contributed by atoms with van der Waals surface area (Å²) in [4.78, 5) is 8.37. The molecule has 28 heavy (non-hydrogen) atoms. The van der Waals surface area contributed by atoms with E-state index in [9.17, 15) is 0 Å². The summed E-state index contributed by atoms with van der Waals surface area (Å²) in [6.45, 7) is 2.39. The Morgan fingerprint density at radius 3 is 2.86 bits per heavy atom. The highest BCUT2D eigenvalue weighted by Gasteiger charge is 2.20. The molecule has 152 valence electrons. The first-order valence-corrected chi connectivity index (χ1v) is 10.0. The van der Waals surface area contributed by atoms with Gasteiger partial charge in [-0.3, -0.25) is 4.99 Å². The molecule has 7 heteroatoms. The average molecular weight is 386 g/mol. The summed E-state index contributed by atoms with van der Waals surface area (Å²) in [6.07, 6.45) is 11.6. The van der Waals surface area contributed by atoms with Crippen molar-refractivity contribution in [3.05, 3.63) is 42.5 Å². The van der Waals surface area contributed by atoms with Gasteiger partial charge in [0.15, 0.2) is 17.5 Å². The SMILES string of the molecule is CN=C(NCCCn1ccnc1)NCc1cccc(OC)c1OC1CCCC1. The van der Waals surface area contributed by atoms with Crippen molar-refractivity contribution in [3.63, 3.8) is 0 Å². The van der Waals surface area contributed by atoms with Gasteiger partial charge in [0, 0.05) is 44.6 Å². The van der Waals surface area contributed by atoms with E-state index in [-0.39, 0.29) is 6.10 Å². The minimum Gasteiger partial charge on any atom is -0.493 e. The number of rotatable bonds is 9. The predicted octanol–water partition coefficient (Wildman–Crippen LogP) is 2.97. The number of guanidine groups is 1. The molecule has 2 N–H and O–H groups in total. The number of hydrogen-bond donors (Lipinski definition) is 2. The van der Waals surface area contributed by atoms with Crippen molar-refractivity contribution in [2.45, 2.75) is 51.3 Å². The number of para-hydroxylation sites is 1. The van der Waals surface area contributed by atoms with Gasteiger partial charge in [0.2, 0.25) is 0 Å². The van der Waals surface area contributed by atoms with Gasteiger partial charge in [0.05, 0.1) is 19.5 Å². The zero-order valence-electron chi connectivity index (χ0n) is 16.9. The van der Waals surface area contributed by atoms with Crippen LogP contribution in [0.4, 0.5) is 0 Å².